The van der Waals surface area contributed by atoms with Crippen LogP contribution in [0.15, 0.2) is 12.1 Å². The topological polar surface area (TPSA) is 48.0 Å². The van der Waals surface area contributed by atoms with Crippen LogP contribution in [0.4, 0.5) is 0 Å². The minimum Gasteiger partial charge on any atom is -0.493 e. The molecule has 0 aromatic heterocycles. The van der Waals surface area contributed by atoms with Gasteiger partial charge >= 0.3 is 0 Å². The molecule has 1 aromatic rings. The van der Waals surface area contributed by atoms with Crippen molar-refractivity contribution in [2.75, 3.05) is 27.8 Å². The van der Waals surface area contributed by atoms with E-state index in [1.807, 2.05) is 0 Å². The van der Waals surface area contributed by atoms with Crippen LogP contribution in [0.5, 0.6) is 11.5 Å². The Bertz CT molecular complexity index is 899. The predicted octanol–water partition coefficient (Wildman–Crippen LogP) is 2.73. The van der Waals surface area contributed by atoms with Gasteiger partial charge in [0.1, 0.15) is 17.5 Å². The zero-order valence-corrected chi connectivity index (χ0v) is 17.2. The van der Waals surface area contributed by atoms with Crippen molar-refractivity contribution >= 4 is 5.78 Å². The Labute approximate surface area is 166 Å². The molecule has 0 N–H and O–H groups in total. The van der Waals surface area contributed by atoms with E-state index in [2.05, 4.69) is 24.1 Å². The van der Waals surface area contributed by atoms with Gasteiger partial charge in [-0.2, -0.15) is 0 Å². The van der Waals surface area contributed by atoms with E-state index in [9.17, 15) is 4.79 Å². The Kier molecular flexibility index (Phi) is 3.16. The van der Waals surface area contributed by atoms with Gasteiger partial charge in [0.2, 0.25) is 0 Å². The highest BCUT2D eigenvalue weighted by molar-refractivity contribution is 5.81. The van der Waals surface area contributed by atoms with E-state index in [1.165, 1.54) is 11.1 Å². The number of carbonyl (C=O) groups excluding carboxylic acids is 1. The average molecular weight is 383 g/mol. The van der Waals surface area contributed by atoms with Crippen LogP contribution in [0.3, 0.4) is 0 Å². The number of benzene rings is 1. The number of nitrogens with zero attached hydrogens (tertiary/aromatic N) is 1. The zero-order valence-electron chi connectivity index (χ0n) is 17.2. The molecule has 2 aliphatic heterocycles. The van der Waals surface area contributed by atoms with Crippen molar-refractivity contribution < 1.29 is 19.0 Å². The third-order valence-corrected chi connectivity index (χ3v) is 9.32. The molecule has 7 rings (SSSR count). The highest BCUT2D eigenvalue weighted by atomic mass is 16.6. The summed E-state index contributed by atoms with van der Waals surface area (Å²) >= 11 is 0. The van der Waals surface area contributed by atoms with Crippen LogP contribution in [0.2, 0.25) is 0 Å². The first-order valence-corrected chi connectivity index (χ1v) is 10.6. The lowest BCUT2D eigenvalue weighted by molar-refractivity contribution is -0.270. The lowest BCUT2D eigenvalue weighted by Crippen LogP contribution is -2.81. The number of carbonyl (C=O) groups is 1. The molecule has 6 aliphatic rings. The van der Waals surface area contributed by atoms with Crippen molar-refractivity contribution in [3.63, 3.8) is 0 Å². The predicted molar refractivity (Wildman–Crippen MR) is 104 cm³/mol. The SMILES string of the molecule is COc1ccc2c3c1O[C@H]1[C@@]4(OC)CCC5(C[C@@H]4C(C)=O)[C@@H](C2)N(C)CC[C@]315. The fraction of sp³-hybridized carbons (Fsp3) is 0.696. The fourth-order valence-corrected chi connectivity index (χ4v) is 8.30. The Morgan fingerprint density at radius 2 is 2.07 bits per heavy atom. The summed E-state index contributed by atoms with van der Waals surface area (Å²) in [6.07, 6.45) is 4.91. The molecule has 0 radical (unpaired) electrons. The molecule has 1 saturated heterocycles. The lowest BCUT2D eigenvalue weighted by atomic mass is 9.34. The standard InChI is InChI=1S/C23H29NO4/c1-13(25)15-12-21-7-8-23(15,27-4)20-22(21)9-10-24(2)17(21)11-14-5-6-16(26-3)19(28-20)18(14)22/h5-6,15,17,20H,7-12H2,1-4H3/t15-,17-,20-,21?,22+,23-/m1/s1. The normalized spacial score (nSPS) is 44.8. The van der Waals surface area contributed by atoms with Gasteiger partial charge in [0.25, 0.3) is 0 Å². The molecular weight excluding hydrogens is 354 g/mol. The van der Waals surface area contributed by atoms with Crippen LogP contribution in [-0.2, 0) is 21.4 Å². The number of hydrogen-bond acceptors (Lipinski definition) is 5. The quantitative estimate of drug-likeness (QED) is 0.803. The molecule has 150 valence electrons. The molecule has 5 nitrogen and oxygen atoms in total. The second-order valence-corrected chi connectivity index (χ2v) is 9.73. The van der Waals surface area contributed by atoms with Crippen molar-refractivity contribution in [2.45, 2.75) is 62.2 Å². The second-order valence-electron chi connectivity index (χ2n) is 9.73. The van der Waals surface area contributed by atoms with Crippen molar-refractivity contribution in [1.82, 2.24) is 4.90 Å². The Morgan fingerprint density at radius 1 is 1.25 bits per heavy atom. The Hall–Kier alpha value is -1.59. The molecule has 1 aromatic carbocycles. The number of ketones is 1. The van der Waals surface area contributed by atoms with E-state index in [1.54, 1.807) is 21.1 Å². The number of likely N-dealkylation sites (N-methyl/N-ethyl adjacent to an activating group) is 1. The molecule has 2 spiro atoms. The van der Waals surface area contributed by atoms with E-state index < -0.39 is 5.60 Å². The first-order chi connectivity index (χ1) is 13.4. The third kappa shape index (κ3) is 1.53. The molecule has 6 atom stereocenters. The number of Topliss-reactive ketones (excluding diaryl/α,β-unsaturated/α-hetero) is 1. The van der Waals surface area contributed by atoms with Crippen LogP contribution >= 0.6 is 0 Å². The summed E-state index contributed by atoms with van der Waals surface area (Å²) in [4.78, 5) is 15.4. The second kappa shape index (κ2) is 5.11. The summed E-state index contributed by atoms with van der Waals surface area (Å²) in [6, 6.07) is 4.75. The zero-order chi connectivity index (χ0) is 19.5. The molecule has 4 aliphatic carbocycles. The number of likely N-dealkylation sites (tertiary alicyclic amines) is 1. The fourth-order valence-electron chi connectivity index (χ4n) is 8.30. The van der Waals surface area contributed by atoms with E-state index >= 15 is 0 Å². The minimum absolute atomic E-state index is 0.0676. The number of hydrogen-bond donors (Lipinski definition) is 0. The van der Waals surface area contributed by atoms with Gasteiger partial charge in [-0.1, -0.05) is 6.07 Å². The van der Waals surface area contributed by atoms with Crippen molar-refractivity contribution in [3.05, 3.63) is 23.3 Å². The smallest absolute Gasteiger partial charge is 0.165 e. The minimum atomic E-state index is -0.535. The summed E-state index contributed by atoms with van der Waals surface area (Å²) < 4.78 is 18.8. The maximum absolute atomic E-state index is 12.8. The van der Waals surface area contributed by atoms with Gasteiger partial charge in [-0.25, -0.2) is 0 Å². The van der Waals surface area contributed by atoms with Crippen molar-refractivity contribution in [1.29, 1.82) is 0 Å². The number of piperidine rings is 1. The Morgan fingerprint density at radius 3 is 2.79 bits per heavy atom. The molecule has 1 unspecified atom stereocenters. The van der Waals surface area contributed by atoms with Gasteiger partial charge in [-0.15, -0.1) is 0 Å². The summed E-state index contributed by atoms with van der Waals surface area (Å²) in [6.45, 7) is 2.80. The van der Waals surface area contributed by atoms with Crippen molar-refractivity contribution in [2.24, 2.45) is 11.3 Å². The first kappa shape index (κ1) is 17.3. The van der Waals surface area contributed by atoms with Crippen molar-refractivity contribution in [3.8, 4) is 11.5 Å². The molecule has 4 bridgehead atoms. The third-order valence-electron chi connectivity index (χ3n) is 9.32. The summed E-state index contributed by atoms with van der Waals surface area (Å²) in [5.74, 6) is 1.89. The molecular formula is C23H29NO4. The molecule has 4 fully saturated rings. The number of ether oxygens (including phenoxy) is 3. The van der Waals surface area contributed by atoms with Crippen LogP contribution in [0.25, 0.3) is 0 Å². The molecule has 0 amide bonds. The van der Waals surface area contributed by atoms with Gasteiger partial charge < -0.3 is 19.1 Å². The van der Waals surface area contributed by atoms with E-state index in [4.69, 9.17) is 14.2 Å². The van der Waals surface area contributed by atoms with Gasteiger partial charge in [0, 0.05) is 29.5 Å². The molecule has 3 saturated carbocycles. The first-order valence-electron chi connectivity index (χ1n) is 10.6. The maximum Gasteiger partial charge on any atom is 0.165 e. The van der Waals surface area contributed by atoms with Gasteiger partial charge in [0.15, 0.2) is 11.5 Å². The molecule has 2 heterocycles. The number of fused-ring (bicyclic) bond motifs is 2. The average Bonchev–Trinajstić information content (AvgIpc) is 3.07. The summed E-state index contributed by atoms with van der Waals surface area (Å²) in [7, 11) is 5.77. The summed E-state index contributed by atoms with van der Waals surface area (Å²) in [5.41, 5.74) is 2.25. The monoisotopic (exact) mass is 383 g/mol. The van der Waals surface area contributed by atoms with E-state index in [0.29, 0.717) is 6.04 Å². The highest BCUT2D eigenvalue weighted by Crippen LogP contribution is 2.76. The largest absolute Gasteiger partial charge is 0.493 e. The van der Waals surface area contributed by atoms with Gasteiger partial charge in [0.05, 0.1) is 13.0 Å². The molecule has 5 heteroatoms. The lowest BCUT2D eigenvalue weighted by Gasteiger charge is -2.73. The number of rotatable bonds is 3. The molecule has 28 heavy (non-hydrogen) atoms. The summed E-state index contributed by atoms with van der Waals surface area (Å²) in [5, 5.41) is 0. The Balaban J connectivity index is 1.69. The maximum atomic E-state index is 12.8. The van der Waals surface area contributed by atoms with Crippen LogP contribution in [0.1, 0.15) is 43.7 Å². The van der Waals surface area contributed by atoms with E-state index in [-0.39, 0.29) is 28.6 Å². The highest BCUT2D eigenvalue weighted by Gasteiger charge is 2.80. The number of methoxy groups -OCH3 is 2. The van der Waals surface area contributed by atoms with Crippen LogP contribution < -0.4 is 9.47 Å². The van der Waals surface area contributed by atoms with Crippen LogP contribution in [0, 0.1) is 11.3 Å². The van der Waals surface area contributed by atoms with Crippen LogP contribution in [-0.4, -0.2) is 56.2 Å². The van der Waals surface area contributed by atoms with E-state index in [0.717, 1.165) is 50.1 Å². The van der Waals surface area contributed by atoms with Gasteiger partial charge in [-0.05, 0) is 64.3 Å². The van der Waals surface area contributed by atoms with Gasteiger partial charge in [-0.3, -0.25) is 4.79 Å².